The van der Waals surface area contributed by atoms with Crippen LogP contribution in [0.4, 0.5) is 0 Å². The first kappa shape index (κ1) is 13.6. The standard InChI is InChI=1S/C15H14N2O3S/c1-2-16-11-5-3-4-6-12(11)17(15(16)20)9-10-7-8-13(21-10)14(18)19/h3-8H,2,9H2,1H3,(H,18,19). The molecule has 2 heterocycles. The third kappa shape index (κ3) is 2.27. The topological polar surface area (TPSA) is 64.2 Å². The summed E-state index contributed by atoms with van der Waals surface area (Å²) < 4.78 is 3.41. The summed E-state index contributed by atoms with van der Waals surface area (Å²) in [4.78, 5) is 24.6. The molecule has 6 heteroatoms. The Bertz CT molecular complexity index is 873. The number of imidazole rings is 1. The van der Waals surface area contributed by atoms with Crippen LogP contribution in [0.3, 0.4) is 0 Å². The van der Waals surface area contributed by atoms with Gasteiger partial charge in [0, 0.05) is 11.4 Å². The molecular weight excluding hydrogens is 288 g/mol. The van der Waals surface area contributed by atoms with Crippen molar-refractivity contribution in [1.29, 1.82) is 0 Å². The van der Waals surface area contributed by atoms with Gasteiger partial charge in [-0.15, -0.1) is 11.3 Å². The fraction of sp³-hybridized carbons (Fsp3) is 0.200. The lowest BCUT2D eigenvalue weighted by atomic mass is 10.3. The maximum Gasteiger partial charge on any atom is 0.345 e. The van der Waals surface area contributed by atoms with E-state index >= 15 is 0 Å². The van der Waals surface area contributed by atoms with E-state index < -0.39 is 5.97 Å². The van der Waals surface area contributed by atoms with E-state index in [1.165, 1.54) is 11.3 Å². The molecule has 0 saturated carbocycles. The molecule has 0 unspecified atom stereocenters. The molecule has 5 nitrogen and oxygen atoms in total. The summed E-state index contributed by atoms with van der Waals surface area (Å²) in [5, 5.41) is 8.97. The summed E-state index contributed by atoms with van der Waals surface area (Å²) in [5.41, 5.74) is 1.71. The summed E-state index contributed by atoms with van der Waals surface area (Å²) in [5.74, 6) is -0.936. The first-order valence-corrected chi connectivity index (χ1v) is 7.43. The van der Waals surface area contributed by atoms with Gasteiger partial charge in [0.15, 0.2) is 0 Å². The number of aromatic carboxylic acids is 1. The van der Waals surface area contributed by atoms with E-state index in [9.17, 15) is 9.59 Å². The Kier molecular flexibility index (Phi) is 3.39. The quantitative estimate of drug-likeness (QED) is 0.805. The van der Waals surface area contributed by atoms with Crippen molar-refractivity contribution in [2.24, 2.45) is 0 Å². The first-order chi connectivity index (χ1) is 10.1. The van der Waals surface area contributed by atoms with Gasteiger partial charge in [-0.1, -0.05) is 12.1 Å². The minimum absolute atomic E-state index is 0.0658. The van der Waals surface area contributed by atoms with Gasteiger partial charge in [0.2, 0.25) is 0 Å². The average molecular weight is 302 g/mol. The van der Waals surface area contributed by atoms with Gasteiger partial charge in [0.1, 0.15) is 4.88 Å². The van der Waals surface area contributed by atoms with Gasteiger partial charge in [-0.2, -0.15) is 0 Å². The Balaban J connectivity index is 2.09. The molecule has 0 radical (unpaired) electrons. The zero-order valence-electron chi connectivity index (χ0n) is 11.4. The van der Waals surface area contributed by atoms with Crippen molar-refractivity contribution in [2.45, 2.75) is 20.0 Å². The van der Waals surface area contributed by atoms with Crippen molar-refractivity contribution in [1.82, 2.24) is 9.13 Å². The fourth-order valence-corrected chi connectivity index (χ4v) is 3.30. The molecule has 0 amide bonds. The molecule has 0 aliphatic rings. The van der Waals surface area contributed by atoms with Crippen molar-refractivity contribution in [3.63, 3.8) is 0 Å². The Morgan fingerprint density at radius 3 is 2.38 bits per heavy atom. The normalized spacial score (nSPS) is 11.1. The van der Waals surface area contributed by atoms with Crippen LogP contribution in [0.5, 0.6) is 0 Å². The largest absolute Gasteiger partial charge is 0.477 e. The van der Waals surface area contributed by atoms with Gasteiger partial charge in [-0.05, 0) is 31.2 Å². The second kappa shape index (κ2) is 5.21. The number of hydrogen-bond donors (Lipinski definition) is 1. The van der Waals surface area contributed by atoms with Gasteiger partial charge in [-0.3, -0.25) is 9.13 Å². The highest BCUT2D eigenvalue weighted by Crippen LogP contribution is 2.20. The number of carbonyl (C=O) groups is 1. The number of carboxylic acids is 1. The van der Waals surface area contributed by atoms with Crippen LogP contribution in [-0.2, 0) is 13.1 Å². The van der Waals surface area contributed by atoms with E-state index in [1.54, 1.807) is 21.3 Å². The van der Waals surface area contributed by atoms with E-state index in [0.717, 1.165) is 15.9 Å². The number of aryl methyl sites for hydroxylation is 1. The molecule has 1 aromatic carbocycles. The number of benzene rings is 1. The molecule has 0 saturated heterocycles. The van der Waals surface area contributed by atoms with Crippen molar-refractivity contribution in [2.75, 3.05) is 0 Å². The Labute approximate surface area is 124 Å². The van der Waals surface area contributed by atoms with Crippen molar-refractivity contribution < 1.29 is 9.90 Å². The van der Waals surface area contributed by atoms with Crippen LogP contribution in [0.1, 0.15) is 21.5 Å². The van der Waals surface area contributed by atoms with Gasteiger partial charge >= 0.3 is 11.7 Å². The first-order valence-electron chi connectivity index (χ1n) is 6.62. The molecule has 0 atom stereocenters. The Morgan fingerprint density at radius 1 is 1.14 bits per heavy atom. The predicted molar refractivity (Wildman–Crippen MR) is 82.3 cm³/mol. The lowest BCUT2D eigenvalue weighted by Gasteiger charge is -2.00. The van der Waals surface area contributed by atoms with E-state index in [4.69, 9.17) is 5.11 Å². The highest BCUT2D eigenvalue weighted by atomic mass is 32.1. The minimum Gasteiger partial charge on any atom is -0.477 e. The van der Waals surface area contributed by atoms with Crippen LogP contribution in [0, 0.1) is 0 Å². The number of thiophene rings is 1. The Hall–Kier alpha value is -2.34. The molecular formula is C15H14N2O3S. The minimum atomic E-state index is -0.936. The maximum atomic E-state index is 12.5. The van der Waals surface area contributed by atoms with E-state index in [-0.39, 0.29) is 10.6 Å². The SMILES string of the molecule is CCn1c(=O)n(Cc2ccc(C(=O)O)s2)c2ccccc21. The molecule has 3 rings (SSSR count). The van der Waals surface area contributed by atoms with Crippen LogP contribution in [-0.4, -0.2) is 20.2 Å². The summed E-state index contributed by atoms with van der Waals surface area (Å²) in [6, 6.07) is 11.0. The summed E-state index contributed by atoms with van der Waals surface area (Å²) in [6.45, 7) is 2.94. The maximum absolute atomic E-state index is 12.5. The van der Waals surface area contributed by atoms with Gasteiger partial charge < -0.3 is 5.11 Å². The monoisotopic (exact) mass is 302 g/mol. The smallest absolute Gasteiger partial charge is 0.345 e. The molecule has 0 aliphatic heterocycles. The molecule has 108 valence electrons. The Morgan fingerprint density at radius 2 is 1.81 bits per heavy atom. The lowest BCUT2D eigenvalue weighted by molar-refractivity contribution is 0.0702. The van der Waals surface area contributed by atoms with Crippen molar-refractivity contribution in [3.05, 3.63) is 56.6 Å². The lowest BCUT2D eigenvalue weighted by Crippen LogP contribution is -2.23. The van der Waals surface area contributed by atoms with E-state index in [0.29, 0.717) is 13.1 Å². The molecule has 21 heavy (non-hydrogen) atoms. The molecule has 0 aliphatic carbocycles. The molecule has 3 aromatic rings. The van der Waals surface area contributed by atoms with Gasteiger partial charge in [-0.25, -0.2) is 9.59 Å². The van der Waals surface area contributed by atoms with Crippen LogP contribution in [0.2, 0.25) is 0 Å². The van der Waals surface area contributed by atoms with E-state index in [1.807, 2.05) is 31.2 Å². The van der Waals surface area contributed by atoms with Crippen molar-refractivity contribution >= 4 is 28.3 Å². The summed E-state index contributed by atoms with van der Waals surface area (Å²) in [6.07, 6.45) is 0. The van der Waals surface area contributed by atoms with Crippen LogP contribution in [0.25, 0.3) is 11.0 Å². The van der Waals surface area contributed by atoms with Crippen LogP contribution < -0.4 is 5.69 Å². The number of hydrogen-bond acceptors (Lipinski definition) is 3. The summed E-state index contributed by atoms with van der Waals surface area (Å²) >= 11 is 1.20. The molecule has 0 spiro atoms. The second-order valence-corrected chi connectivity index (χ2v) is 5.84. The highest BCUT2D eigenvalue weighted by Gasteiger charge is 2.13. The number of para-hydroxylation sites is 2. The second-order valence-electron chi connectivity index (χ2n) is 4.67. The third-order valence-corrected chi connectivity index (χ3v) is 4.49. The third-order valence-electron chi connectivity index (χ3n) is 3.43. The number of carboxylic acid groups (broad SMARTS) is 1. The zero-order chi connectivity index (χ0) is 15.0. The van der Waals surface area contributed by atoms with Crippen molar-refractivity contribution in [3.8, 4) is 0 Å². The van der Waals surface area contributed by atoms with Gasteiger partial charge in [0.05, 0.1) is 17.6 Å². The van der Waals surface area contributed by atoms with Crippen LogP contribution in [0.15, 0.2) is 41.2 Å². The van der Waals surface area contributed by atoms with Gasteiger partial charge in [0.25, 0.3) is 0 Å². The number of aromatic nitrogens is 2. The predicted octanol–water partition coefficient (Wildman–Crippen LogP) is 2.63. The number of rotatable bonds is 4. The molecule has 2 aromatic heterocycles. The zero-order valence-corrected chi connectivity index (χ0v) is 12.3. The van der Waals surface area contributed by atoms with Crippen LogP contribution >= 0.6 is 11.3 Å². The molecule has 0 fully saturated rings. The average Bonchev–Trinajstić information content (AvgIpc) is 3.04. The fourth-order valence-electron chi connectivity index (χ4n) is 2.46. The van der Waals surface area contributed by atoms with E-state index in [2.05, 4.69) is 0 Å². The summed E-state index contributed by atoms with van der Waals surface area (Å²) in [7, 11) is 0. The highest BCUT2D eigenvalue weighted by molar-refractivity contribution is 7.13. The molecule has 1 N–H and O–H groups in total. The molecule has 0 bridgehead atoms. The number of nitrogens with zero attached hydrogens (tertiary/aromatic N) is 2. The number of fused-ring (bicyclic) bond motifs is 1.